The molecule has 104 valence electrons. The Morgan fingerprint density at radius 2 is 2.20 bits per heavy atom. The average Bonchev–Trinajstić information content (AvgIpc) is 2.66. The highest BCUT2D eigenvalue weighted by atomic mass is 79.9. The van der Waals surface area contributed by atoms with E-state index < -0.39 is 24.5 Å². The molecule has 1 saturated heterocycles. The van der Waals surface area contributed by atoms with Gasteiger partial charge in [-0.25, -0.2) is 9.69 Å². The van der Waals surface area contributed by atoms with E-state index in [2.05, 4.69) is 26.0 Å². The van der Waals surface area contributed by atoms with Gasteiger partial charge in [-0.3, -0.25) is 9.59 Å². The van der Waals surface area contributed by atoms with Gasteiger partial charge in [0.2, 0.25) is 0 Å². The Labute approximate surface area is 123 Å². The Kier molecular flexibility index (Phi) is 4.19. The lowest BCUT2D eigenvalue weighted by Crippen LogP contribution is -2.36. The van der Waals surface area contributed by atoms with Crippen molar-refractivity contribution in [2.24, 2.45) is 0 Å². The summed E-state index contributed by atoms with van der Waals surface area (Å²) in [5.74, 6) is -1.21. The van der Waals surface area contributed by atoms with Crippen LogP contribution >= 0.6 is 15.9 Å². The van der Waals surface area contributed by atoms with Crippen molar-refractivity contribution in [3.05, 3.63) is 40.0 Å². The lowest BCUT2D eigenvalue weighted by Gasteiger charge is -2.08. The normalized spacial score (nSPS) is 16.5. The van der Waals surface area contributed by atoms with Crippen molar-refractivity contribution in [3.8, 4) is 0 Å². The van der Waals surface area contributed by atoms with Gasteiger partial charge in [-0.2, -0.15) is 0 Å². The van der Waals surface area contributed by atoms with Crippen LogP contribution in [0.25, 0.3) is 6.08 Å². The monoisotopic (exact) mass is 338 g/mol. The van der Waals surface area contributed by atoms with E-state index in [1.165, 1.54) is 7.11 Å². The fourth-order valence-corrected chi connectivity index (χ4v) is 2.09. The maximum atomic E-state index is 12.0. The second-order valence-corrected chi connectivity index (χ2v) is 4.93. The highest BCUT2D eigenvalue weighted by Crippen LogP contribution is 2.17. The summed E-state index contributed by atoms with van der Waals surface area (Å²) in [6.07, 6.45) is 1.54. The minimum absolute atomic E-state index is 0.122. The molecule has 0 aliphatic carbocycles. The maximum Gasteiger partial charge on any atom is 0.329 e. The molecule has 0 unspecified atom stereocenters. The van der Waals surface area contributed by atoms with Crippen LogP contribution in [0, 0.1) is 0 Å². The molecule has 1 fully saturated rings. The number of rotatable bonds is 3. The summed E-state index contributed by atoms with van der Waals surface area (Å²) >= 11 is 3.32. The standard InChI is InChI=1S/C13H11BrN2O4/c1-20-11(17)7-16-12(18)10(15-13(16)19)6-8-3-2-4-9(14)5-8/h2-6H,7H2,1H3,(H,15,19)/b10-6+. The molecule has 6 nitrogen and oxygen atoms in total. The van der Waals surface area contributed by atoms with E-state index in [-0.39, 0.29) is 5.70 Å². The molecule has 1 aliphatic rings. The third kappa shape index (κ3) is 3.05. The van der Waals surface area contributed by atoms with Crippen LogP contribution in [0.4, 0.5) is 4.79 Å². The molecule has 1 heterocycles. The molecule has 0 bridgehead atoms. The number of esters is 1. The quantitative estimate of drug-likeness (QED) is 0.515. The van der Waals surface area contributed by atoms with Crippen LogP contribution in [-0.4, -0.2) is 36.5 Å². The van der Waals surface area contributed by atoms with Gasteiger partial charge in [0.15, 0.2) is 0 Å². The Morgan fingerprint density at radius 1 is 1.45 bits per heavy atom. The number of amides is 3. The van der Waals surface area contributed by atoms with Crippen LogP contribution < -0.4 is 5.32 Å². The second kappa shape index (κ2) is 5.87. The third-order valence-electron chi connectivity index (χ3n) is 2.64. The molecule has 0 atom stereocenters. The zero-order valence-electron chi connectivity index (χ0n) is 10.6. The number of hydrogen-bond acceptors (Lipinski definition) is 4. The van der Waals surface area contributed by atoms with Crippen molar-refractivity contribution in [3.63, 3.8) is 0 Å². The molecule has 1 aromatic carbocycles. The highest BCUT2D eigenvalue weighted by Gasteiger charge is 2.35. The van der Waals surface area contributed by atoms with Crippen LogP contribution in [0.15, 0.2) is 34.4 Å². The Hall–Kier alpha value is -2.15. The smallest absolute Gasteiger partial charge is 0.329 e. The van der Waals surface area contributed by atoms with Gasteiger partial charge in [-0.15, -0.1) is 0 Å². The fraction of sp³-hybridized carbons (Fsp3) is 0.154. The summed E-state index contributed by atoms with van der Waals surface area (Å²) in [7, 11) is 1.19. The number of carbonyl (C=O) groups is 3. The molecule has 1 N–H and O–H groups in total. The van der Waals surface area contributed by atoms with Crippen molar-refractivity contribution in [2.45, 2.75) is 0 Å². The van der Waals surface area contributed by atoms with Gasteiger partial charge in [0, 0.05) is 4.47 Å². The first-order valence-corrected chi connectivity index (χ1v) is 6.47. The summed E-state index contributed by atoms with van der Waals surface area (Å²) in [6, 6.07) is 6.61. The number of nitrogens with one attached hydrogen (secondary N) is 1. The van der Waals surface area contributed by atoms with Crippen LogP contribution in [0.3, 0.4) is 0 Å². The number of methoxy groups -OCH3 is 1. The number of ether oxygens (including phenoxy) is 1. The van der Waals surface area contributed by atoms with Crippen LogP contribution in [0.1, 0.15) is 5.56 Å². The van der Waals surface area contributed by atoms with Gasteiger partial charge in [0.05, 0.1) is 7.11 Å². The largest absolute Gasteiger partial charge is 0.468 e. The Bertz CT molecular complexity index is 612. The molecule has 0 radical (unpaired) electrons. The van der Waals surface area contributed by atoms with E-state index in [1.54, 1.807) is 18.2 Å². The van der Waals surface area contributed by atoms with E-state index in [0.717, 1.165) is 14.9 Å². The van der Waals surface area contributed by atoms with Crippen molar-refractivity contribution in [2.75, 3.05) is 13.7 Å². The first kappa shape index (κ1) is 14.3. The minimum Gasteiger partial charge on any atom is -0.468 e. The molecule has 0 spiro atoms. The summed E-state index contributed by atoms with van der Waals surface area (Å²) in [6.45, 7) is -0.406. The molecule has 3 amide bonds. The SMILES string of the molecule is COC(=O)CN1C(=O)N/C(=C/c2cccc(Br)c2)C1=O. The predicted octanol–water partition coefficient (Wildman–Crippen LogP) is 1.51. The van der Waals surface area contributed by atoms with Gasteiger partial charge in [-0.05, 0) is 23.8 Å². The molecular formula is C13H11BrN2O4. The number of hydrogen-bond donors (Lipinski definition) is 1. The van der Waals surface area contributed by atoms with E-state index in [4.69, 9.17) is 0 Å². The van der Waals surface area contributed by atoms with Gasteiger partial charge < -0.3 is 10.1 Å². The number of imide groups is 1. The van der Waals surface area contributed by atoms with E-state index in [9.17, 15) is 14.4 Å². The van der Waals surface area contributed by atoms with E-state index >= 15 is 0 Å². The molecular weight excluding hydrogens is 328 g/mol. The first-order chi connectivity index (χ1) is 9.51. The van der Waals surface area contributed by atoms with E-state index in [0.29, 0.717) is 0 Å². The zero-order chi connectivity index (χ0) is 14.7. The summed E-state index contributed by atoms with van der Waals surface area (Å²) in [5, 5.41) is 2.43. The maximum absolute atomic E-state index is 12.0. The summed E-state index contributed by atoms with van der Waals surface area (Å²) in [5.41, 5.74) is 0.875. The number of halogens is 1. The minimum atomic E-state index is -0.655. The van der Waals surface area contributed by atoms with Crippen molar-refractivity contribution in [1.29, 1.82) is 0 Å². The Morgan fingerprint density at radius 3 is 2.85 bits per heavy atom. The zero-order valence-corrected chi connectivity index (χ0v) is 12.1. The molecule has 2 rings (SSSR count). The van der Waals surface area contributed by atoms with Gasteiger partial charge >= 0.3 is 12.0 Å². The molecule has 1 aliphatic heterocycles. The van der Waals surface area contributed by atoms with Crippen molar-refractivity contribution >= 4 is 39.9 Å². The lowest BCUT2D eigenvalue weighted by molar-refractivity contribution is -0.143. The van der Waals surface area contributed by atoms with Gasteiger partial charge in [-0.1, -0.05) is 28.1 Å². The van der Waals surface area contributed by atoms with Gasteiger partial charge in [0.1, 0.15) is 12.2 Å². The fourth-order valence-electron chi connectivity index (χ4n) is 1.67. The summed E-state index contributed by atoms with van der Waals surface area (Å²) in [4.78, 5) is 35.6. The van der Waals surface area contributed by atoms with Gasteiger partial charge in [0.25, 0.3) is 5.91 Å². The number of carbonyl (C=O) groups excluding carboxylic acids is 3. The van der Waals surface area contributed by atoms with Crippen molar-refractivity contribution in [1.82, 2.24) is 10.2 Å². The van der Waals surface area contributed by atoms with Crippen LogP contribution in [0.2, 0.25) is 0 Å². The second-order valence-electron chi connectivity index (χ2n) is 4.01. The molecule has 20 heavy (non-hydrogen) atoms. The number of nitrogens with zero attached hydrogens (tertiary/aromatic N) is 1. The average molecular weight is 339 g/mol. The topological polar surface area (TPSA) is 75.7 Å². The molecule has 7 heteroatoms. The number of urea groups is 1. The number of benzene rings is 1. The van der Waals surface area contributed by atoms with Crippen LogP contribution in [-0.2, 0) is 14.3 Å². The third-order valence-corrected chi connectivity index (χ3v) is 3.13. The molecule has 1 aromatic rings. The lowest BCUT2D eigenvalue weighted by atomic mass is 10.2. The Balaban J connectivity index is 2.21. The highest BCUT2D eigenvalue weighted by molar-refractivity contribution is 9.10. The first-order valence-electron chi connectivity index (χ1n) is 5.68. The predicted molar refractivity (Wildman–Crippen MR) is 74.4 cm³/mol. The molecule has 0 saturated carbocycles. The van der Waals surface area contributed by atoms with Crippen molar-refractivity contribution < 1.29 is 19.1 Å². The summed E-state index contributed by atoms with van der Waals surface area (Å²) < 4.78 is 5.30. The van der Waals surface area contributed by atoms with Crippen LogP contribution in [0.5, 0.6) is 0 Å². The van der Waals surface area contributed by atoms with E-state index in [1.807, 2.05) is 12.1 Å². The molecule has 0 aromatic heterocycles.